The summed E-state index contributed by atoms with van der Waals surface area (Å²) in [5, 5.41) is 4.41. The second-order valence-electron chi connectivity index (χ2n) is 5.36. The lowest BCUT2D eigenvalue weighted by atomic mass is 10.1. The largest absolute Gasteiger partial charge is 0.361 e. The SMILES string of the molecule is CC1CN(C(=O)c2cccc3[nH]ccc23)C(C)CN1. The summed E-state index contributed by atoms with van der Waals surface area (Å²) >= 11 is 0. The monoisotopic (exact) mass is 257 g/mol. The molecule has 100 valence electrons. The van der Waals surface area contributed by atoms with E-state index in [0.29, 0.717) is 6.04 Å². The van der Waals surface area contributed by atoms with E-state index in [0.717, 1.165) is 29.6 Å². The number of piperazine rings is 1. The lowest BCUT2D eigenvalue weighted by molar-refractivity contribution is 0.0618. The number of aromatic nitrogens is 1. The van der Waals surface area contributed by atoms with Crippen LogP contribution in [0.5, 0.6) is 0 Å². The average molecular weight is 257 g/mol. The van der Waals surface area contributed by atoms with Gasteiger partial charge in [-0.1, -0.05) is 6.07 Å². The lowest BCUT2D eigenvalue weighted by Crippen LogP contribution is -2.56. The third-order valence-corrected chi connectivity index (χ3v) is 3.85. The standard InChI is InChI=1S/C15H19N3O/c1-10-9-18(11(2)8-17-10)15(19)13-4-3-5-14-12(13)6-7-16-14/h3-7,10-11,16-17H,8-9H2,1-2H3. The van der Waals surface area contributed by atoms with Crippen LogP contribution in [0, 0.1) is 0 Å². The van der Waals surface area contributed by atoms with E-state index < -0.39 is 0 Å². The predicted molar refractivity (Wildman–Crippen MR) is 76.3 cm³/mol. The minimum atomic E-state index is 0.131. The average Bonchev–Trinajstić information content (AvgIpc) is 2.89. The highest BCUT2D eigenvalue weighted by molar-refractivity contribution is 6.06. The van der Waals surface area contributed by atoms with Gasteiger partial charge in [0.15, 0.2) is 0 Å². The van der Waals surface area contributed by atoms with Gasteiger partial charge in [-0.25, -0.2) is 0 Å². The van der Waals surface area contributed by atoms with Gasteiger partial charge in [0, 0.05) is 47.8 Å². The Hall–Kier alpha value is -1.81. The Labute approximate surface area is 112 Å². The molecular formula is C15H19N3O. The van der Waals surface area contributed by atoms with Crippen molar-refractivity contribution in [2.75, 3.05) is 13.1 Å². The van der Waals surface area contributed by atoms with Gasteiger partial charge in [0.05, 0.1) is 0 Å². The van der Waals surface area contributed by atoms with Gasteiger partial charge in [-0.05, 0) is 32.0 Å². The molecule has 2 N–H and O–H groups in total. The van der Waals surface area contributed by atoms with Gasteiger partial charge in [-0.3, -0.25) is 4.79 Å². The fourth-order valence-corrected chi connectivity index (χ4v) is 2.73. The molecule has 0 radical (unpaired) electrons. The number of fused-ring (bicyclic) bond motifs is 1. The quantitative estimate of drug-likeness (QED) is 0.821. The van der Waals surface area contributed by atoms with E-state index in [4.69, 9.17) is 0 Å². The molecule has 19 heavy (non-hydrogen) atoms. The first-order valence-electron chi connectivity index (χ1n) is 6.77. The van der Waals surface area contributed by atoms with Crippen molar-refractivity contribution in [3.05, 3.63) is 36.0 Å². The molecule has 1 aromatic carbocycles. The Morgan fingerprint density at radius 1 is 1.32 bits per heavy atom. The van der Waals surface area contributed by atoms with E-state index in [9.17, 15) is 4.79 Å². The first-order chi connectivity index (χ1) is 9.16. The first kappa shape index (κ1) is 12.2. The van der Waals surface area contributed by atoms with Crippen molar-refractivity contribution < 1.29 is 4.79 Å². The number of aromatic amines is 1. The molecule has 1 aromatic heterocycles. The maximum absolute atomic E-state index is 12.8. The van der Waals surface area contributed by atoms with Crippen molar-refractivity contribution in [2.24, 2.45) is 0 Å². The maximum atomic E-state index is 12.8. The molecule has 1 aliphatic heterocycles. The van der Waals surface area contributed by atoms with Gasteiger partial charge >= 0.3 is 0 Å². The van der Waals surface area contributed by atoms with Gasteiger partial charge in [0.2, 0.25) is 0 Å². The second-order valence-corrected chi connectivity index (χ2v) is 5.36. The zero-order valence-corrected chi connectivity index (χ0v) is 11.3. The highest BCUT2D eigenvalue weighted by atomic mass is 16.2. The summed E-state index contributed by atoms with van der Waals surface area (Å²) in [6, 6.07) is 8.40. The van der Waals surface area contributed by atoms with E-state index in [-0.39, 0.29) is 11.9 Å². The summed E-state index contributed by atoms with van der Waals surface area (Å²) in [7, 11) is 0. The van der Waals surface area contributed by atoms with Gasteiger partial charge in [0.1, 0.15) is 0 Å². The lowest BCUT2D eigenvalue weighted by Gasteiger charge is -2.37. The Morgan fingerprint density at radius 3 is 3.00 bits per heavy atom. The van der Waals surface area contributed by atoms with Gasteiger partial charge in [0.25, 0.3) is 5.91 Å². The fourth-order valence-electron chi connectivity index (χ4n) is 2.73. The van der Waals surface area contributed by atoms with Crippen LogP contribution in [0.25, 0.3) is 10.9 Å². The maximum Gasteiger partial charge on any atom is 0.254 e. The molecule has 1 saturated heterocycles. The van der Waals surface area contributed by atoms with Crippen molar-refractivity contribution in [2.45, 2.75) is 25.9 Å². The zero-order chi connectivity index (χ0) is 13.4. The van der Waals surface area contributed by atoms with E-state index in [1.807, 2.05) is 35.4 Å². The second kappa shape index (κ2) is 4.70. The molecule has 1 fully saturated rings. The summed E-state index contributed by atoms with van der Waals surface area (Å²) in [6.07, 6.45) is 1.88. The van der Waals surface area contributed by atoms with Crippen molar-refractivity contribution in [3.63, 3.8) is 0 Å². The van der Waals surface area contributed by atoms with Crippen molar-refractivity contribution >= 4 is 16.8 Å². The van der Waals surface area contributed by atoms with Crippen LogP contribution in [0.3, 0.4) is 0 Å². The highest BCUT2D eigenvalue weighted by Crippen LogP contribution is 2.21. The summed E-state index contributed by atoms with van der Waals surface area (Å²) < 4.78 is 0. The normalized spacial score (nSPS) is 23.8. The molecule has 2 aromatic rings. The van der Waals surface area contributed by atoms with Gasteiger partial charge in [-0.2, -0.15) is 0 Å². The molecule has 4 nitrogen and oxygen atoms in total. The molecule has 0 aliphatic carbocycles. The van der Waals surface area contributed by atoms with E-state index in [1.165, 1.54) is 0 Å². The molecule has 0 bridgehead atoms. The summed E-state index contributed by atoms with van der Waals surface area (Å²) in [5.41, 5.74) is 1.81. The minimum Gasteiger partial charge on any atom is -0.361 e. The summed E-state index contributed by atoms with van der Waals surface area (Å²) in [5.74, 6) is 0.131. The molecule has 1 amide bonds. The fraction of sp³-hybridized carbons (Fsp3) is 0.400. The molecule has 2 unspecified atom stereocenters. The van der Waals surface area contributed by atoms with Crippen LogP contribution in [-0.4, -0.2) is 41.0 Å². The smallest absolute Gasteiger partial charge is 0.254 e. The van der Waals surface area contributed by atoms with Crippen LogP contribution in [-0.2, 0) is 0 Å². The van der Waals surface area contributed by atoms with Crippen LogP contribution in [0.2, 0.25) is 0 Å². The zero-order valence-electron chi connectivity index (χ0n) is 11.3. The van der Waals surface area contributed by atoms with Crippen molar-refractivity contribution in [1.29, 1.82) is 0 Å². The molecule has 0 spiro atoms. The van der Waals surface area contributed by atoms with Crippen LogP contribution in [0.15, 0.2) is 30.5 Å². The molecule has 4 heteroatoms. The topological polar surface area (TPSA) is 48.1 Å². The molecule has 1 aliphatic rings. The Morgan fingerprint density at radius 2 is 2.16 bits per heavy atom. The number of amides is 1. The number of benzene rings is 1. The van der Waals surface area contributed by atoms with Crippen LogP contribution in [0.1, 0.15) is 24.2 Å². The number of hydrogen-bond donors (Lipinski definition) is 2. The third-order valence-electron chi connectivity index (χ3n) is 3.85. The van der Waals surface area contributed by atoms with E-state index in [1.54, 1.807) is 0 Å². The molecule has 3 rings (SSSR count). The van der Waals surface area contributed by atoms with Crippen LogP contribution < -0.4 is 5.32 Å². The highest BCUT2D eigenvalue weighted by Gasteiger charge is 2.28. The number of nitrogens with one attached hydrogen (secondary N) is 2. The Bertz CT molecular complexity index is 604. The number of carbonyl (C=O) groups is 1. The van der Waals surface area contributed by atoms with Crippen LogP contribution in [0.4, 0.5) is 0 Å². The molecule has 0 saturated carbocycles. The third kappa shape index (κ3) is 2.12. The minimum absolute atomic E-state index is 0.131. The van der Waals surface area contributed by atoms with Gasteiger partial charge in [-0.15, -0.1) is 0 Å². The number of H-pyrrole nitrogens is 1. The number of rotatable bonds is 1. The van der Waals surface area contributed by atoms with E-state index >= 15 is 0 Å². The summed E-state index contributed by atoms with van der Waals surface area (Å²) in [4.78, 5) is 17.9. The first-order valence-corrected chi connectivity index (χ1v) is 6.77. The van der Waals surface area contributed by atoms with Crippen molar-refractivity contribution in [3.8, 4) is 0 Å². The van der Waals surface area contributed by atoms with Crippen LogP contribution >= 0.6 is 0 Å². The molecule has 2 heterocycles. The Kier molecular flexibility index (Phi) is 3.03. The number of carbonyl (C=O) groups excluding carboxylic acids is 1. The number of hydrogen-bond acceptors (Lipinski definition) is 2. The predicted octanol–water partition coefficient (Wildman–Crippen LogP) is 1.99. The Balaban J connectivity index is 1.97. The summed E-state index contributed by atoms with van der Waals surface area (Å²) in [6.45, 7) is 5.83. The molecular weight excluding hydrogens is 238 g/mol. The van der Waals surface area contributed by atoms with Crippen molar-refractivity contribution in [1.82, 2.24) is 15.2 Å². The molecule has 2 atom stereocenters. The van der Waals surface area contributed by atoms with Gasteiger partial charge < -0.3 is 15.2 Å². The van der Waals surface area contributed by atoms with E-state index in [2.05, 4.69) is 24.1 Å². The number of nitrogens with zero attached hydrogens (tertiary/aromatic N) is 1.